The molecule has 0 aliphatic rings. The predicted molar refractivity (Wildman–Crippen MR) is 59.1 cm³/mol. The fourth-order valence-corrected chi connectivity index (χ4v) is 1.42. The maximum absolute atomic E-state index is 11.9. The van der Waals surface area contributed by atoms with Gasteiger partial charge in [-0.25, -0.2) is 0 Å². The molecule has 0 aliphatic heterocycles. The average molecular weight is 196 g/mol. The number of carbonyl (C=O) groups excluding carboxylic acids is 1. The Morgan fingerprint density at radius 2 is 1.53 bits per heavy atom. The van der Waals surface area contributed by atoms with Crippen molar-refractivity contribution in [3.05, 3.63) is 65.7 Å². The second-order valence-electron chi connectivity index (χ2n) is 3.28. The van der Waals surface area contributed by atoms with Gasteiger partial charge in [0.25, 0.3) is 0 Å². The number of rotatable bonds is 2. The minimum absolute atomic E-state index is 0.0373. The lowest BCUT2D eigenvalue weighted by molar-refractivity contribution is 0.103. The molecule has 73 valence electrons. The van der Waals surface area contributed by atoms with E-state index in [1.807, 2.05) is 18.2 Å². The summed E-state index contributed by atoms with van der Waals surface area (Å²) in [5, 5.41) is 0. The number of hydrogen-bond acceptors (Lipinski definition) is 1. The molecule has 2 rings (SSSR count). The Balaban J connectivity index is 2.37. The van der Waals surface area contributed by atoms with E-state index in [1.54, 1.807) is 36.4 Å². The van der Waals surface area contributed by atoms with Crippen molar-refractivity contribution in [1.29, 1.82) is 0 Å². The molecule has 0 aliphatic carbocycles. The van der Waals surface area contributed by atoms with Crippen LogP contribution >= 0.6 is 0 Å². The van der Waals surface area contributed by atoms with Gasteiger partial charge >= 0.3 is 0 Å². The summed E-state index contributed by atoms with van der Waals surface area (Å²) >= 11 is 0. The molecular formula is C13H10NO. The summed E-state index contributed by atoms with van der Waals surface area (Å²) in [6.07, 6.45) is 0. The fraction of sp³-hybridized carbons (Fsp3) is 0. The summed E-state index contributed by atoms with van der Waals surface area (Å²) < 4.78 is 0. The van der Waals surface area contributed by atoms with E-state index in [-0.39, 0.29) is 5.78 Å². The van der Waals surface area contributed by atoms with E-state index in [4.69, 9.17) is 5.73 Å². The highest BCUT2D eigenvalue weighted by Gasteiger charge is 2.07. The summed E-state index contributed by atoms with van der Waals surface area (Å²) in [6.45, 7) is 0. The highest BCUT2D eigenvalue weighted by atomic mass is 16.1. The first kappa shape index (κ1) is 9.46. The van der Waals surface area contributed by atoms with Crippen molar-refractivity contribution in [2.24, 2.45) is 0 Å². The van der Waals surface area contributed by atoms with Crippen LogP contribution in [-0.4, -0.2) is 5.78 Å². The van der Waals surface area contributed by atoms with E-state index in [2.05, 4.69) is 0 Å². The quantitative estimate of drug-likeness (QED) is 0.681. The Hall–Kier alpha value is -2.09. The largest absolute Gasteiger partial charge is 0.301 e. The maximum atomic E-state index is 11.9. The van der Waals surface area contributed by atoms with Gasteiger partial charge in [0.2, 0.25) is 0 Å². The summed E-state index contributed by atoms with van der Waals surface area (Å²) in [4.78, 5) is 11.9. The third-order valence-corrected chi connectivity index (χ3v) is 2.16. The normalized spacial score (nSPS) is 9.87. The Morgan fingerprint density at radius 1 is 0.867 bits per heavy atom. The van der Waals surface area contributed by atoms with Crippen molar-refractivity contribution in [2.45, 2.75) is 0 Å². The summed E-state index contributed by atoms with van der Waals surface area (Å²) in [5.41, 5.74) is 9.02. The molecule has 0 fully saturated rings. The SMILES string of the molecule is [NH]c1cccc(C(=O)c2ccccc2)c1. The Kier molecular flexibility index (Phi) is 2.50. The van der Waals surface area contributed by atoms with Crippen molar-refractivity contribution < 1.29 is 4.79 Å². The summed E-state index contributed by atoms with van der Waals surface area (Å²) in [6, 6.07) is 15.8. The van der Waals surface area contributed by atoms with Crippen molar-refractivity contribution in [2.75, 3.05) is 0 Å². The van der Waals surface area contributed by atoms with Crippen LogP contribution in [0.15, 0.2) is 54.6 Å². The van der Waals surface area contributed by atoms with Gasteiger partial charge in [0.05, 0.1) is 5.69 Å². The van der Waals surface area contributed by atoms with Gasteiger partial charge in [-0.3, -0.25) is 4.79 Å². The highest BCUT2D eigenvalue weighted by molar-refractivity contribution is 6.09. The minimum Gasteiger partial charge on any atom is -0.301 e. The van der Waals surface area contributed by atoms with Gasteiger partial charge in [0.1, 0.15) is 0 Å². The third kappa shape index (κ3) is 2.05. The molecule has 0 saturated heterocycles. The minimum atomic E-state index is -0.0373. The lowest BCUT2D eigenvalue weighted by Gasteiger charge is -2.01. The number of benzene rings is 2. The molecule has 0 amide bonds. The Morgan fingerprint density at radius 3 is 2.20 bits per heavy atom. The van der Waals surface area contributed by atoms with Crippen LogP contribution in [0.3, 0.4) is 0 Å². The van der Waals surface area contributed by atoms with Crippen molar-refractivity contribution >= 4 is 11.5 Å². The first-order valence-electron chi connectivity index (χ1n) is 4.69. The summed E-state index contributed by atoms with van der Waals surface area (Å²) in [7, 11) is 0. The molecule has 2 nitrogen and oxygen atoms in total. The number of carbonyl (C=O) groups is 1. The molecule has 0 atom stereocenters. The molecule has 0 unspecified atom stereocenters. The molecule has 0 spiro atoms. The van der Waals surface area contributed by atoms with Crippen molar-refractivity contribution in [3.63, 3.8) is 0 Å². The molecule has 0 aromatic heterocycles. The van der Waals surface area contributed by atoms with Crippen LogP contribution in [0, 0.1) is 0 Å². The van der Waals surface area contributed by atoms with Gasteiger partial charge in [-0.15, -0.1) is 0 Å². The zero-order valence-corrected chi connectivity index (χ0v) is 8.10. The van der Waals surface area contributed by atoms with Gasteiger partial charge in [-0.1, -0.05) is 42.5 Å². The van der Waals surface area contributed by atoms with Gasteiger partial charge < -0.3 is 5.73 Å². The first-order valence-corrected chi connectivity index (χ1v) is 4.69. The van der Waals surface area contributed by atoms with E-state index >= 15 is 0 Å². The van der Waals surface area contributed by atoms with E-state index in [9.17, 15) is 4.79 Å². The number of nitrogens with one attached hydrogen (secondary N) is 1. The fourth-order valence-electron chi connectivity index (χ4n) is 1.42. The molecule has 2 aromatic rings. The topological polar surface area (TPSA) is 40.9 Å². The lowest BCUT2D eigenvalue weighted by Crippen LogP contribution is -2.00. The molecule has 15 heavy (non-hydrogen) atoms. The van der Waals surface area contributed by atoms with Gasteiger partial charge in [0.15, 0.2) is 5.78 Å². The molecule has 2 aromatic carbocycles. The molecule has 1 radical (unpaired) electrons. The van der Waals surface area contributed by atoms with Gasteiger partial charge in [0, 0.05) is 11.1 Å². The predicted octanol–water partition coefficient (Wildman–Crippen LogP) is 2.83. The zero-order chi connectivity index (χ0) is 10.7. The zero-order valence-electron chi connectivity index (χ0n) is 8.10. The van der Waals surface area contributed by atoms with Crippen molar-refractivity contribution in [3.8, 4) is 0 Å². The van der Waals surface area contributed by atoms with Crippen LogP contribution in [0.4, 0.5) is 5.69 Å². The molecule has 0 heterocycles. The Labute approximate surface area is 88.4 Å². The standard InChI is InChI=1S/C13H10NO/c14-12-8-4-7-11(9-12)13(15)10-5-2-1-3-6-10/h1-9,14H. The molecule has 0 saturated carbocycles. The molecule has 1 N–H and O–H groups in total. The smallest absolute Gasteiger partial charge is 0.193 e. The van der Waals surface area contributed by atoms with E-state index in [0.29, 0.717) is 16.8 Å². The lowest BCUT2D eigenvalue weighted by atomic mass is 10.0. The van der Waals surface area contributed by atoms with Crippen LogP contribution in [0.5, 0.6) is 0 Å². The maximum Gasteiger partial charge on any atom is 0.193 e. The average Bonchev–Trinajstić information content (AvgIpc) is 2.29. The molecular weight excluding hydrogens is 186 g/mol. The number of ketones is 1. The van der Waals surface area contributed by atoms with Crippen LogP contribution in [0.2, 0.25) is 0 Å². The first-order chi connectivity index (χ1) is 7.27. The summed E-state index contributed by atoms with van der Waals surface area (Å²) in [5.74, 6) is -0.0373. The highest BCUT2D eigenvalue weighted by Crippen LogP contribution is 2.13. The number of hydrogen-bond donors (Lipinski definition) is 0. The van der Waals surface area contributed by atoms with E-state index < -0.39 is 0 Å². The van der Waals surface area contributed by atoms with Gasteiger partial charge in [-0.2, -0.15) is 0 Å². The Bertz CT molecular complexity index is 477. The van der Waals surface area contributed by atoms with Gasteiger partial charge in [-0.05, 0) is 12.1 Å². The molecule has 2 heteroatoms. The van der Waals surface area contributed by atoms with Crippen LogP contribution < -0.4 is 5.73 Å². The van der Waals surface area contributed by atoms with Crippen molar-refractivity contribution in [1.82, 2.24) is 5.73 Å². The second kappa shape index (κ2) is 3.96. The third-order valence-electron chi connectivity index (χ3n) is 2.16. The van der Waals surface area contributed by atoms with Crippen LogP contribution in [0.25, 0.3) is 0 Å². The van der Waals surface area contributed by atoms with Crippen LogP contribution in [-0.2, 0) is 0 Å². The molecule has 0 bridgehead atoms. The monoisotopic (exact) mass is 196 g/mol. The van der Waals surface area contributed by atoms with E-state index in [0.717, 1.165) is 0 Å². The van der Waals surface area contributed by atoms with E-state index in [1.165, 1.54) is 0 Å². The second-order valence-corrected chi connectivity index (χ2v) is 3.28. The van der Waals surface area contributed by atoms with Crippen LogP contribution in [0.1, 0.15) is 15.9 Å².